The molecule has 0 radical (unpaired) electrons. The number of aliphatic carboxylic acids is 1. The zero-order valence-electron chi connectivity index (χ0n) is 12.8. The molecule has 0 bridgehead atoms. The van der Waals surface area contributed by atoms with Crippen LogP contribution in [0.5, 0.6) is 0 Å². The fourth-order valence-corrected chi connectivity index (χ4v) is 2.07. The summed E-state index contributed by atoms with van der Waals surface area (Å²) in [5, 5.41) is 8.94. The number of aryl methyl sites for hydroxylation is 1. The summed E-state index contributed by atoms with van der Waals surface area (Å²) >= 11 is 0. The predicted molar refractivity (Wildman–Crippen MR) is 78.4 cm³/mol. The molecule has 0 aliphatic rings. The Labute approximate surface area is 128 Å². The number of benzene rings is 1. The number of rotatable bonds is 7. The van der Waals surface area contributed by atoms with Gasteiger partial charge in [0.1, 0.15) is 5.54 Å². The van der Waals surface area contributed by atoms with Gasteiger partial charge in [-0.3, -0.25) is 4.79 Å². The van der Waals surface area contributed by atoms with E-state index in [9.17, 15) is 18.0 Å². The molecule has 0 spiro atoms. The first-order valence-electron chi connectivity index (χ1n) is 7.21. The molecule has 3 nitrogen and oxygen atoms in total. The smallest absolute Gasteiger partial charge is 0.416 e. The lowest BCUT2D eigenvalue weighted by molar-refractivity contribution is -0.143. The van der Waals surface area contributed by atoms with Gasteiger partial charge in [-0.2, -0.15) is 13.2 Å². The van der Waals surface area contributed by atoms with Crippen LogP contribution in [0.2, 0.25) is 0 Å². The van der Waals surface area contributed by atoms with Gasteiger partial charge in [0.25, 0.3) is 0 Å². The Hall–Kier alpha value is -1.56. The van der Waals surface area contributed by atoms with E-state index >= 15 is 0 Å². The molecule has 1 rings (SSSR count). The molecular formula is C16H22F3NO2. The second-order valence-corrected chi connectivity index (χ2v) is 6.10. The monoisotopic (exact) mass is 317 g/mol. The Morgan fingerprint density at radius 3 is 2.23 bits per heavy atom. The number of alkyl halides is 3. The normalized spacial score (nSPS) is 16.1. The van der Waals surface area contributed by atoms with Crippen molar-refractivity contribution in [1.82, 2.24) is 0 Å². The molecule has 0 saturated carbocycles. The molecule has 0 fully saturated rings. The van der Waals surface area contributed by atoms with E-state index in [0.717, 1.165) is 24.1 Å². The van der Waals surface area contributed by atoms with Gasteiger partial charge in [-0.15, -0.1) is 0 Å². The highest BCUT2D eigenvalue weighted by Crippen LogP contribution is 2.29. The van der Waals surface area contributed by atoms with Gasteiger partial charge in [0.05, 0.1) is 5.56 Å². The number of halogens is 3. The van der Waals surface area contributed by atoms with E-state index in [4.69, 9.17) is 10.8 Å². The van der Waals surface area contributed by atoms with Gasteiger partial charge in [-0.05, 0) is 56.2 Å². The van der Waals surface area contributed by atoms with E-state index in [-0.39, 0.29) is 5.92 Å². The Morgan fingerprint density at radius 1 is 1.23 bits per heavy atom. The first-order valence-corrected chi connectivity index (χ1v) is 7.21. The maximum absolute atomic E-state index is 12.5. The van der Waals surface area contributed by atoms with Gasteiger partial charge in [-0.1, -0.05) is 19.1 Å². The van der Waals surface area contributed by atoms with Crippen molar-refractivity contribution in [2.75, 3.05) is 0 Å². The van der Waals surface area contributed by atoms with Gasteiger partial charge in [-0.25, -0.2) is 0 Å². The van der Waals surface area contributed by atoms with Crippen LogP contribution < -0.4 is 5.73 Å². The third kappa shape index (κ3) is 5.67. The minimum Gasteiger partial charge on any atom is -0.480 e. The van der Waals surface area contributed by atoms with Crippen LogP contribution in [0.25, 0.3) is 0 Å². The van der Waals surface area contributed by atoms with Crippen LogP contribution in [0.3, 0.4) is 0 Å². The number of hydrogen-bond acceptors (Lipinski definition) is 2. The van der Waals surface area contributed by atoms with E-state index in [1.54, 1.807) is 0 Å². The molecule has 3 N–H and O–H groups in total. The van der Waals surface area contributed by atoms with Crippen molar-refractivity contribution in [1.29, 1.82) is 0 Å². The molecule has 124 valence electrons. The Kier molecular flexibility index (Phi) is 6.00. The number of carbonyl (C=O) groups is 1. The number of carboxylic acids is 1. The van der Waals surface area contributed by atoms with Gasteiger partial charge in [0, 0.05) is 0 Å². The highest BCUT2D eigenvalue weighted by Gasteiger charge is 2.30. The number of nitrogens with two attached hydrogens (primary N) is 1. The molecular weight excluding hydrogens is 295 g/mol. The number of carboxylic acid groups (broad SMARTS) is 1. The van der Waals surface area contributed by atoms with E-state index in [1.807, 2.05) is 6.92 Å². The molecule has 2 unspecified atom stereocenters. The van der Waals surface area contributed by atoms with Gasteiger partial charge in [0.15, 0.2) is 0 Å². The summed E-state index contributed by atoms with van der Waals surface area (Å²) in [5.74, 6) is -0.771. The second kappa shape index (κ2) is 7.13. The minimum atomic E-state index is -4.31. The quantitative estimate of drug-likeness (QED) is 0.803. The standard InChI is InChI=1S/C16H22F3NO2/c1-11(9-10-15(2,20)14(21)22)3-4-12-5-7-13(8-6-12)16(17,18)19/h5-8,11H,3-4,9-10,20H2,1-2H3,(H,21,22). The molecule has 0 aromatic heterocycles. The molecule has 2 atom stereocenters. The van der Waals surface area contributed by atoms with Gasteiger partial charge in [0.2, 0.25) is 0 Å². The third-order valence-electron chi connectivity index (χ3n) is 3.85. The van der Waals surface area contributed by atoms with Crippen LogP contribution in [0.1, 0.15) is 44.2 Å². The van der Waals surface area contributed by atoms with E-state index in [1.165, 1.54) is 19.1 Å². The maximum atomic E-state index is 12.5. The summed E-state index contributed by atoms with van der Waals surface area (Å²) in [6, 6.07) is 5.14. The Morgan fingerprint density at radius 2 is 1.77 bits per heavy atom. The fraction of sp³-hybridized carbons (Fsp3) is 0.562. The van der Waals surface area contributed by atoms with Crippen LogP contribution >= 0.6 is 0 Å². The van der Waals surface area contributed by atoms with Crippen molar-refractivity contribution < 1.29 is 23.1 Å². The topological polar surface area (TPSA) is 63.3 Å². The van der Waals surface area contributed by atoms with Crippen molar-refractivity contribution in [3.8, 4) is 0 Å². The van der Waals surface area contributed by atoms with E-state index in [0.29, 0.717) is 19.3 Å². The summed E-state index contributed by atoms with van der Waals surface area (Å²) in [4.78, 5) is 10.9. The molecule has 22 heavy (non-hydrogen) atoms. The van der Waals surface area contributed by atoms with E-state index < -0.39 is 23.2 Å². The van der Waals surface area contributed by atoms with Crippen molar-refractivity contribution in [2.24, 2.45) is 11.7 Å². The summed E-state index contributed by atoms with van der Waals surface area (Å²) in [7, 11) is 0. The zero-order chi connectivity index (χ0) is 17.0. The molecule has 0 amide bonds. The first kappa shape index (κ1) is 18.5. The van der Waals surface area contributed by atoms with Crippen LogP contribution in [0.4, 0.5) is 13.2 Å². The lowest BCUT2D eigenvalue weighted by Crippen LogP contribution is -2.44. The number of hydrogen-bond donors (Lipinski definition) is 2. The second-order valence-electron chi connectivity index (χ2n) is 6.10. The molecule has 0 aliphatic heterocycles. The van der Waals surface area contributed by atoms with Crippen molar-refractivity contribution in [3.63, 3.8) is 0 Å². The van der Waals surface area contributed by atoms with Gasteiger partial charge >= 0.3 is 12.1 Å². The largest absolute Gasteiger partial charge is 0.480 e. The SMILES string of the molecule is CC(CCc1ccc(C(F)(F)F)cc1)CCC(C)(N)C(=O)O. The molecule has 0 heterocycles. The average molecular weight is 317 g/mol. The highest BCUT2D eigenvalue weighted by molar-refractivity contribution is 5.77. The fourth-order valence-electron chi connectivity index (χ4n) is 2.07. The van der Waals surface area contributed by atoms with Crippen molar-refractivity contribution in [3.05, 3.63) is 35.4 Å². The first-order chi connectivity index (χ1) is 10.0. The summed E-state index contributed by atoms with van der Waals surface area (Å²) in [6.07, 6.45) is -1.83. The molecule has 0 saturated heterocycles. The average Bonchev–Trinajstić information content (AvgIpc) is 2.42. The summed E-state index contributed by atoms with van der Waals surface area (Å²) < 4.78 is 37.4. The lowest BCUT2D eigenvalue weighted by atomic mass is 9.89. The Bertz CT molecular complexity index is 495. The third-order valence-corrected chi connectivity index (χ3v) is 3.85. The molecule has 1 aromatic carbocycles. The summed E-state index contributed by atoms with van der Waals surface area (Å²) in [5.41, 5.74) is 4.63. The maximum Gasteiger partial charge on any atom is 0.416 e. The predicted octanol–water partition coefficient (Wildman–Crippen LogP) is 3.86. The zero-order valence-corrected chi connectivity index (χ0v) is 12.8. The lowest BCUT2D eigenvalue weighted by Gasteiger charge is -2.21. The Balaban J connectivity index is 2.44. The van der Waals surface area contributed by atoms with Crippen molar-refractivity contribution in [2.45, 2.75) is 51.2 Å². The molecule has 0 aliphatic carbocycles. The van der Waals surface area contributed by atoms with Crippen molar-refractivity contribution >= 4 is 5.97 Å². The van der Waals surface area contributed by atoms with Crippen LogP contribution in [-0.4, -0.2) is 16.6 Å². The minimum absolute atomic E-state index is 0.254. The molecule has 6 heteroatoms. The van der Waals surface area contributed by atoms with Crippen LogP contribution in [0, 0.1) is 5.92 Å². The van der Waals surface area contributed by atoms with Gasteiger partial charge < -0.3 is 10.8 Å². The van der Waals surface area contributed by atoms with Crippen LogP contribution in [0.15, 0.2) is 24.3 Å². The molecule has 1 aromatic rings. The summed E-state index contributed by atoms with van der Waals surface area (Å²) in [6.45, 7) is 3.47. The van der Waals surface area contributed by atoms with E-state index in [2.05, 4.69) is 0 Å². The highest BCUT2D eigenvalue weighted by atomic mass is 19.4. The van der Waals surface area contributed by atoms with Crippen LogP contribution in [-0.2, 0) is 17.4 Å².